The van der Waals surface area contributed by atoms with E-state index in [0.717, 1.165) is 11.1 Å². The van der Waals surface area contributed by atoms with E-state index in [-0.39, 0.29) is 12.2 Å². The number of carbonyl (C=O) groups is 2. The minimum atomic E-state index is -0.734. The lowest BCUT2D eigenvalue weighted by Crippen LogP contribution is -2.28. The second kappa shape index (κ2) is 10.1. The first-order chi connectivity index (χ1) is 16.1. The van der Waals surface area contributed by atoms with Crippen LogP contribution in [-0.4, -0.2) is 31.2 Å². The molecule has 0 N–H and O–H groups in total. The number of benzene rings is 3. The van der Waals surface area contributed by atoms with Crippen molar-refractivity contribution in [1.29, 1.82) is 0 Å². The number of ketones is 1. The zero-order valence-electron chi connectivity index (χ0n) is 18.6. The van der Waals surface area contributed by atoms with Crippen molar-refractivity contribution >= 4 is 17.5 Å². The summed E-state index contributed by atoms with van der Waals surface area (Å²) in [5, 5.41) is 4.08. The third-order valence-corrected chi connectivity index (χ3v) is 5.67. The van der Waals surface area contributed by atoms with Crippen molar-refractivity contribution in [2.24, 2.45) is 11.1 Å². The maximum Gasteiger partial charge on any atom is 0.344 e. The molecule has 33 heavy (non-hydrogen) atoms. The van der Waals surface area contributed by atoms with Crippen LogP contribution >= 0.6 is 0 Å². The summed E-state index contributed by atoms with van der Waals surface area (Å²) in [7, 11) is 1.56. The largest absolute Gasteiger partial charge is 0.493 e. The molecule has 0 aliphatic carbocycles. The van der Waals surface area contributed by atoms with Gasteiger partial charge in [0, 0.05) is 23.5 Å². The molecule has 0 fully saturated rings. The molecule has 0 aromatic heterocycles. The summed E-state index contributed by atoms with van der Waals surface area (Å²) in [6.45, 7) is 2.39. The van der Waals surface area contributed by atoms with E-state index >= 15 is 0 Å². The molecule has 2 unspecified atom stereocenters. The third-order valence-electron chi connectivity index (χ3n) is 5.67. The molecule has 1 heterocycles. The van der Waals surface area contributed by atoms with Crippen molar-refractivity contribution in [3.63, 3.8) is 0 Å². The number of ether oxygens (including phenoxy) is 2. The predicted molar refractivity (Wildman–Crippen MR) is 125 cm³/mol. The van der Waals surface area contributed by atoms with Crippen molar-refractivity contribution in [1.82, 2.24) is 0 Å². The van der Waals surface area contributed by atoms with Crippen LogP contribution in [0.3, 0.4) is 0 Å². The normalized spacial score (nSPS) is 16.0. The number of oxime groups is 1. The van der Waals surface area contributed by atoms with Gasteiger partial charge in [-0.05, 0) is 24.6 Å². The minimum Gasteiger partial charge on any atom is -0.493 e. The van der Waals surface area contributed by atoms with Crippen molar-refractivity contribution < 1.29 is 23.9 Å². The summed E-state index contributed by atoms with van der Waals surface area (Å²) in [6, 6.07) is 23.9. The summed E-state index contributed by atoms with van der Waals surface area (Å²) in [5.41, 5.74) is 2.65. The monoisotopic (exact) mass is 443 g/mol. The van der Waals surface area contributed by atoms with Crippen LogP contribution in [0.25, 0.3) is 0 Å². The summed E-state index contributed by atoms with van der Waals surface area (Å²) in [4.78, 5) is 31.2. The van der Waals surface area contributed by atoms with Crippen LogP contribution in [0.5, 0.6) is 11.5 Å². The summed E-state index contributed by atoms with van der Waals surface area (Å²) in [6.07, 6.45) is 0.104. The van der Waals surface area contributed by atoms with Crippen LogP contribution in [0.1, 0.15) is 40.7 Å². The molecule has 168 valence electrons. The smallest absolute Gasteiger partial charge is 0.344 e. The summed E-state index contributed by atoms with van der Waals surface area (Å²) < 4.78 is 11.2. The molecule has 4 rings (SSSR count). The van der Waals surface area contributed by atoms with Gasteiger partial charge in [0.1, 0.15) is 11.6 Å². The molecule has 1 aliphatic rings. The van der Waals surface area contributed by atoms with Crippen molar-refractivity contribution in [2.75, 3.05) is 13.7 Å². The maximum atomic E-state index is 13.2. The molecule has 0 bridgehead atoms. The predicted octanol–water partition coefficient (Wildman–Crippen LogP) is 5.03. The highest BCUT2D eigenvalue weighted by molar-refractivity contribution is 6.15. The Balaban J connectivity index is 1.77. The average Bonchev–Trinajstić information content (AvgIpc) is 3.25. The van der Waals surface area contributed by atoms with E-state index in [1.165, 1.54) is 0 Å². The lowest BCUT2D eigenvalue weighted by Gasteiger charge is -2.23. The Bertz CT molecular complexity index is 1160. The second-order valence-corrected chi connectivity index (χ2v) is 7.67. The Hall–Kier alpha value is -3.93. The quantitative estimate of drug-likeness (QED) is 0.343. The van der Waals surface area contributed by atoms with Gasteiger partial charge >= 0.3 is 5.97 Å². The summed E-state index contributed by atoms with van der Waals surface area (Å²) >= 11 is 0. The zero-order valence-corrected chi connectivity index (χ0v) is 18.6. The van der Waals surface area contributed by atoms with E-state index in [9.17, 15) is 9.59 Å². The Labute approximate surface area is 192 Å². The number of Topliss-reactive ketones (excluding diaryl/α,β-unsaturated/α-hetero) is 1. The third kappa shape index (κ3) is 4.80. The molecule has 0 amide bonds. The van der Waals surface area contributed by atoms with Gasteiger partial charge in [0.05, 0.1) is 13.7 Å². The second-order valence-electron chi connectivity index (χ2n) is 7.67. The van der Waals surface area contributed by atoms with Gasteiger partial charge in [-0.25, -0.2) is 4.79 Å². The first-order valence-corrected chi connectivity index (χ1v) is 10.9. The molecule has 3 aromatic rings. The zero-order chi connectivity index (χ0) is 23.2. The highest BCUT2D eigenvalue weighted by atomic mass is 16.7. The summed E-state index contributed by atoms with van der Waals surface area (Å²) in [5.74, 6) is -0.647. The molecule has 3 aromatic carbocycles. The molecular formula is C27H25NO5. The number of carbonyl (C=O) groups excluding carboxylic acids is 2. The molecule has 0 spiro atoms. The first-order valence-electron chi connectivity index (χ1n) is 10.9. The van der Waals surface area contributed by atoms with Gasteiger partial charge in [0.15, 0.2) is 17.3 Å². The number of hydrogen-bond donors (Lipinski definition) is 0. The van der Waals surface area contributed by atoms with Crippen molar-refractivity contribution in [3.05, 3.63) is 95.6 Å². The minimum absolute atomic E-state index is 0.0689. The van der Waals surface area contributed by atoms with E-state index in [0.29, 0.717) is 29.4 Å². The number of hydrogen-bond acceptors (Lipinski definition) is 6. The molecule has 0 radical (unpaired) electrons. The average molecular weight is 443 g/mol. The Kier molecular flexibility index (Phi) is 6.83. The number of methoxy groups -OCH3 is 1. The van der Waals surface area contributed by atoms with Crippen molar-refractivity contribution in [3.8, 4) is 11.5 Å². The highest BCUT2D eigenvalue weighted by Crippen LogP contribution is 2.39. The number of rotatable bonds is 9. The Morgan fingerprint density at radius 3 is 2.36 bits per heavy atom. The van der Waals surface area contributed by atoms with Gasteiger partial charge in [-0.2, -0.15) is 0 Å². The van der Waals surface area contributed by atoms with E-state index in [1.54, 1.807) is 25.3 Å². The standard InChI is InChI=1S/C27H25NO5/c1-3-32-23-15-14-20(16-24(23)31-2)21(17-22(29)18-10-6-4-7-11-18)25-26(28-33-27(25)30)19-12-8-5-9-13-19/h4-16,21,25H,3,17H2,1-2H3. The lowest BCUT2D eigenvalue weighted by atomic mass is 9.77. The fraction of sp³-hybridized carbons (Fsp3) is 0.222. The topological polar surface area (TPSA) is 74.2 Å². The van der Waals surface area contributed by atoms with Gasteiger partial charge < -0.3 is 14.3 Å². The van der Waals surface area contributed by atoms with Crippen LogP contribution in [0.15, 0.2) is 84.0 Å². The maximum absolute atomic E-state index is 13.2. The lowest BCUT2D eigenvalue weighted by molar-refractivity contribution is -0.143. The fourth-order valence-corrected chi connectivity index (χ4v) is 4.07. The van der Waals surface area contributed by atoms with Gasteiger partial charge in [-0.1, -0.05) is 71.9 Å². The Morgan fingerprint density at radius 2 is 1.70 bits per heavy atom. The molecule has 6 nitrogen and oxygen atoms in total. The Morgan fingerprint density at radius 1 is 1.00 bits per heavy atom. The van der Waals surface area contributed by atoms with Crippen LogP contribution < -0.4 is 9.47 Å². The molecule has 6 heteroatoms. The van der Waals surface area contributed by atoms with Gasteiger partial charge in [0.2, 0.25) is 0 Å². The molecule has 0 saturated carbocycles. The van der Waals surface area contributed by atoms with Crippen LogP contribution in [0.2, 0.25) is 0 Å². The van der Waals surface area contributed by atoms with E-state index < -0.39 is 17.8 Å². The molecule has 0 saturated heterocycles. The van der Waals surface area contributed by atoms with E-state index in [2.05, 4.69) is 5.16 Å². The van der Waals surface area contributed by atoms with Crippen LogP contribution in [-0.2, 0) is 9.63 Å². The molecular weight excluding hydrogens is 418 g/mol. The molecule has 1 aliphatic heterocycles. The van der Waals surface area contributed by atoms with E-state index in [4.69, 9.17) is 14.3 Å². The number of nitrogens with zero attached hydrogens (tertiary/aromatic N) is 1. The SMILES string of the molecule is CCOc1ccc(C(CC(=O)c2ccccc2)C2C(=O)ON=C2c2ccccc2)cc1OC. The van der Waals surface area contributed by atoms with Gasteiger partial charge in [0.25, 0.3) is 0 Å². The molecule has 2 atom stereocenters. The van der Waals surface area contributed by atoms with Crippen LogP contribution in [0, 0.1) is 5.92 Å². The highest BCUT2D eigenvalue weighted by Gasteiger charge is 2.42. The van der Waals surface area contributed by atoms with Gasteiger partial charge in [-0.3, -0.25) is 4.79 Å². The van der Waals surface area contributed by atoms with Crippen LogP contribution in [0.4, 0.5) is 0 Å². The fourth-order valence-electron chi connectivity index (χ4n) is 4.07. The van der Waals surface area contributed by atoms with E-state index in [1.807, 2.05) is 67.6 Å². The van der Waals surface area contributed by atoms with Crippen molar-refractivity contribution in [2.45, 2.75) is 19.3 Å². The first kappa shape index (κ1) is 22.3. The van der Waals surface area contributed by atoms with Gasteiger partial charge in [-0.15, -0.1) is 0 Å².